The van der Waals surface area contributed by atoms with Gasteiger partial charge in [0.05, 0.1) is 0 Å². The Morgan fingerprint density at radius 1 is 1.62 bits per heavy atom. The summed E-state index contributed by atoms with van der Waals surface area (Å²) in [6, 6.07) is 0. The first-order valence-electron chi connectivity index (χ1n) is 2.45. The second-order valence-electron chi connectivity index (χ2n) is 1.35. The van der Waals surface area contributed by atoms with Crippen molar-refractivity contribution in [2.45, 2.75) is 20.3 Å². The van der Waals surface area contributed by atoms with Crippen LogP contribution in [-0.2, 0) is 0 Å². The molecule has 0 aliphatic heterocycles. The fourth-order valence-corrected chi connectivity index (χ4v) is 0.351. The Morgan fingerprint density at radius 2 is 2.12 bits per heavy atom. The molecule has 0 aliphatic rings. The molecule has 0 radical (unpaired) electrons. The minimum Gasteiger partial charge on any atom is -0.853 e. The third kappa shape index (κ3) is 4.62. The van der Waals surface area contributed by atoms with Gasteiger partial charge in [-0.3, -0.25) is 5.57 Å². The fraction of sp³-hybridized carbons (Fsp3) is 0.667. The van der Waals surface area contributed by atoms with Crippen LogP contribution in [0.1, 0.15) is 20.3 Å². The monoisotopic (exact) mass is 122 g/mol. The molecule has 8 heavy (non-hydrogen) atoms. The van der Waals surface area contributed by atoms with Crippen molar-refractivity contribution in [2.75, 3.05) is 6.61 Å². The molecule has 0 aromatic rings. The van der Waals surface area contributed by atoms with Gasteiger partial charge in [0.15, 0.2) is 0 Å². The molecule has 0 heterocycles. The van der Waals surface area contributed by atoms with Gasteiger partial charge < -0.3 is 11.2 Å². The fourth-order valence-electron chi connectivity index (χ4n) is 0.351. The minimum atomic E-state index is -0.0903. The average molecular weight is 122 g/mol. The molecular weight excluding hydrogens is 112 g/mol. The Hall–Kier alpha value is 0.466. The van der Waals surface area contributed by atoms with Gasteiger partial charge in [-0.25, -0.2) is 0 Å². The summed E-state index contributed by atoms with van der Waals surface area (Å²) in [6.07, 6.45) is 3.65. The molecule has 0 N–H and O–H groups in total. The third-order valence-corrected chi connectivity index (χ3v) is 0.955. The summed E-state index contributed by atoms with van der Waals surface area (Å²) in [5, 5.41) is 9.99. The largest absolute Gasteiger partial charge is 2.00 e. The summed E-state index contributed by atoms with van der Waals surface area (Å²) in [4.78, 5) is 0. The molecule has 0 aliphatic carbocycles. The van der Waals surface area contributed by atoms with Gasteiger partial charge in [-0.2, -0.15) is 13.5 Å². The summed E-state index contributed by atoms with van der Waals surface area (Å²) in [6.45, 7) is 3.65. The van der Waals surface area contributed by atoms with Crippen molar-refractivity contribution < 1.29 is 5.11 Å². The van der Waals surface area contributed by atoms with E-state index < -0.39 is 0 Å². The van der Waals surface area contributed by atoms with Gasteiger partial charge in [0, 0.05) is 0 Å². The summed E-state index contributed by atoms with van der Waals surface area (Å²) in [5.41, 5.74) is 0.875. The SMILES string of the molecule is C[C-]=C(CC)C[O-].[Mg+2]. The second kappa shape index (κ2) is 7.47. The van der Waals surface area contributed by atoms with Gasteiger partial charge in [0.1, 0.15) is 0 Å². The van der Waals surface area contributed by atoms with Crippen molar-refractivity contribution >= 4 is 23.1 Å². The van der Waals surface area contributed by atoms with E-state index >= 15 is 0 Å². The van der Waals surface area contributed by atoms with E-state index in [9.17, 15) is 5.11 Å². The van der Waals surface area contributed by atoms with Crippen LogP contribution in [0.25, 0.3) is 0 Å². The van der Waals surface area contributed by atoms with E-state index in [2.05, 4.69) is 6.08 Å². The van der Waals surface area contributed by atoms with Crippen LogP contribution >= 0.6 is 0 Å². The minimum absolute atomic E-state index is 0. The normalized spacial score (nSPS) is 10.6. The topological polar surface area (TPSA) is 23.1 Å². The standard InChI is InChI=1S/C6H10O.Mg/c1-3-6(4-2)5-7;/h3,5H2,1-2H3;/q-2;+2. The van der Waals surface area contributed by atoms with E-state index in [-0.39, 0.29) is 29.7 Å². The van der Waals surface area contributed by atoms with Crippen LogP contribution in [0.3, 0.4) is 0 Å². The van der Waals surface area contributed by atoms with Crippen molar-refractivity contribution in [3.8, 4) is 0 Å². The quantitative estimate of drug-likeness (QED) is 0.377. The molecule has 0 saturated carbocycles. The van der Waals surface area contributed by atoms with E-state index in [0.717, 1.165) is 12.0 Å². The number of rotatable bonds is 2. The Kier molecular flexibility index (Phi) is 10.5. The molecule has 1 nitrogen and oxygen atoms in total. The van der Waals surface area contributed by atoms with Gasteiger partial charge in [-0.1, -0.05) is 13.3 Å². The molecule has 2 heteroatoms. The van der Waals surface area contributed by atoms with Crippen molar-refractivity contribution in [3.63, 3.8) is 0 Å². The maximum Gasteiger partial charge on any atom is 2.00 e. The maximum atomic E-state index is 9.99. The van der Waals surface area contributed by atoms with Gasteiger partial charge in [-0.15, -0.1) is 0 Å². The predicted molar refractivity (Wildman–Crippen MR) is 33.3 cm³/mol. The number of allylic oxidation sites excluding steroid dienone is 1. The van der Waals surface area contributed by atoms with E-state index in [4.69, 9.17) is 0 Å². The molecule has 0 bridgehead atoms. The molecule has 0 fully saturated rings. The molecule has 42 valence electrons. The zero-order valence-electron chi connectivity index (χ0n) is 5.53. The molecule has 0 atom stereocenters. The average Bonchev–Trinajstić information content (AvgIpc) is 1.72. The molecule has 0 spiro atoms. The van der Waals surface area contributed by atoms with Crippen LogP contribution in [0.2, 0.25) is 0 Å². The number of hydrogen-bond donors (Lipinski definition) is 0. The first-order chi connectivity index (χ1) is 3.35. The second-order valence-corrected chi connectivity index (χ2v) is 1.35. The summed E-state index contributed by atoms with van der Waals surface area (Å²) in [5.74, 6) is 0. The predicted octanol–water partition coefficient (Wildman–Crippen LogP) is 0.125. The number of hydrogen-bond acceptors (Lipinski definition) is 1. The van der Waals surface area contributed by atoms with Crippen LogP contribution in [0.5, 0.6) is 0 Å². The molecule has 0 saturated heterocycles. The Morgan fingerprint density at radius 3 is 2.12 bits per heavy atom. The maximum absolute atomic E-state index is 9.99. The van der Waals surface area contributed by atoms with Crippen molar-refractivity contribution in [3.05, 3.63) is 11.6 Å². The van der Waals surface area contributed by atoms with E-state index in [0.29, 0.717) is 0 Å². The molecule has 0 aromatic heterocycles. The van der Waals surface area contributed by atoms with Gasteiger partial charge in [-0.05, 0) is 0 Å². The molecular formula is C6H10MgO. The smallest absolute Gasteiger partial charge is 0.853 e. The van der Waals surface area contributed by atoms with Crippen LogP contribution in [-0.4, -0.2) is 29.7 Å². The van der Waals surface area contributed by atoms with Crippen LogP contribution in [0, 0.1) is 6.08 Å². The summed E-state index contributed by atoms with van der Waals surface area (Å²) in [7, 11) is 0. The Balaban J connectivity index is 0. The first kappa shape index (κ1) is 11.3. The van der Waals surface area contributed by atoms with E-state index in [1.807, 2.05) is 6.92 Å². The van der Waals surface area contributed by atoms with Crippen molar-refractivity contribution in [1.29, 1.82) is 0 Å². The van der Waals surface area contributed by atoms with E-state index in [1.54, 1.807) is 6.92 Å². The van der Waals surface area contributed by atoms with Gasteiger partial charge >= 0.3 is 23.1 Å². The van der Waals surface area contributed by atoms with Crippen LogP contribution in [0.4, 0.5) is 0 Å². The molecule has 0 rings (SSSR count). The Labute approximate surface area is 66.9 Å². The Bertz CT molecular complexity index is 62.9. The van der Waals surface area contributed by atoms with Crippen molar-refractivity contribution in [1.82, 2.24) is 0 Å². The van der Waals surface area contributed by atoms with Gasteiger partial charge in [0.2, 0.25) is 0 Å². The van der Waals surface area contributed by atoms with Gasteiger partial charge in [0.25, 0.3) is 0 Å². The first-order valence-corrected chi connectivity index (χ1v) is 2.45. The zero-order valence-corrected chi connectivity index (χ0v) is 6.94. The third-order valence-electron chi connectivity index (χ3n) is 0.955. The van der Waals surface area contributed by atoms with Crippen LogP contribution < -0.4 is 5.11 Å². The van der Waals surface area contributed by atoms with E-state index in [1.165, 1.54) is 0 Å². The zero-order chi connectivity index (χ0) is 5.70. The summed E-state index contributed by atoms with van der Waals surface area (Å²) >= 11 is 0. The molecule has 0 amide bonds. The molecule has 0 unspecified atom stereocenters. The van der Waals surface area contributed by atoms with Crippen LogP contribution in [0.15, 0.2) is 5.57 Å². The van der Waals surface area contributed by atoms with Crippen molar-refractivity contribution in [2.24, 2.45) is 0 Å². The summed E-state index contributed by atoms with van der Waals surface area (Å²) < 4.78 is 0. The molecule has 0 aromatic carbocycles.